The van der Waals surface area contributed by atoms with Gasteiger partial charge in [-0.15, -0.1) is 10.1 Å². The highest BCUT2D eigenvalue weighted by molar-refractivity contribution is 5.48. The minimum Gasteiger partial charge on any atom is -0.315 e. The van der Waals surface area contributed by atoms with Crippen molar-refractivity contribution in [3.8, 4) is 0 Å². The van der Waals surface area contributed by atoms with Crippen molar-refractivity contribution in [1.82, 2.24) is 5.32 Å². The number of hydrogen-bond donors (Lipinski definition) is 1. The molecule has 3 atom stereocenters. The van der Waals surface area contributed by atoms with Gasteiger partial charge in [-0.2, -0.15) is 0 Å². The van der Waals surface area contributed by atoms with E-state index in [4.69, 9.17) is 0 Å². The van der Waals surface area contributed by atoms with Gasteiger partial charge in [-0.3, -0.25) is 0 Å². The van der Waals surface area contributed by atoms with E-state index in [9.17, 15) is 14.9 Å². The highest BCUT2D eigenvalue weighted by Crippen LogP contribution is 2.34. The maximum absolute atomic E-state index is 9.74. The number of allylic oxidation sites excluding steroid dienone is 2. The zero-order valence-electron chi connectivity index (χ0n) is 21.9. The van der Waals surface area contributed by atoms with Crippen LogP contribution < -0.4 is 5.32 Å². The summed E-state index contributed by atoms with van der Waals surface area (Å²) in [6.45, 7) is 6.33. The number of unbranched alkanes of at least 4 members (excludes halogenated alkanes) is 4. The molecule has 1 aliphatic carbocycles. The predicted octanol–water partition coefficient (Wildman–Crippen LogP) is 6.96. The molecular weight excluding hydrogens is 428 g/mol. The average Bonchev–Trinajstić information content (AvgIpc) is 3.26. The number of benzene rings is 1. The normalized spacial score (nSPS) is 17.8. The number of likely N-dealkylation sites (N-methyl/N-ethyl adjacent to an activating group) is 1. The number of nitrogens with one attached hydrogen (secondary N) is 1. The summed E-state index contributed by atoms with van der Waals surface area (Å²) >= 11 is 0. The van der Waals surface area contributed by atoms with Gasteiger partial charge < -0.3 is 14.9 Å². The average molecular weight is 477 g/mol. The second-order valence-electron chi connectivity index (χ2n) is 9.13. The third-order valence-corrected chi connectivity index (χ3v) is 6.27. The summed E-state index contributed by atoms with van der Waals surface area (Å²) in [6, 6.07) is 10.9. The first-order chi connectivity index (χ1) is 16.4. The van der Waals surface area contributed by atoms with E-state index >= 15 is 0 Å². The molecule has 0 amide bonds. The molecule has 0 saturated heterocycles. The lowest BCUT2D eigenvalue weighted by molar-refractivity contribution is -0.758. The molecule has 1 fully saturated rings. The topological polar surface area (TPSA) is 81.5 Å². The molecule has 1 saturated carbocycles. The maximum atomic E-state index is 9.74. The first-order valence-electron chi connectivity index (χ1n) is 13.0. The second kappa shape index (κ2) is 22.6. The maximum Gasteiger partial charge on any atom is 0.294 e. The van der Waals surface area contributed by atoms with Crippen LogP contribution in [0.5, 0.6) is 0 Å². The van der Waals surface area contributed by atoms with Crippen molar-refractivity contribution >= 4 is 6.29 Å². The minimum absolute atomic E-state index is 0.0235. The molecular formula is C28H48N2O4. The Hall–Kier alpha value is -2.21. The molecule has 1 N–H and O–H groups in total. The lowest BCUT2D eigenvalue weighted by Gasteiger charge is -2.14. The van der Waals surface area contributed by atoms with Gasteiger partial charge in [0.2, 0.25) is 0 Å². The zero-order chi connectivity index (χ0) is 25.4. The Morgan fingerprint density at radius 1 is 1.15 bits per heavy atom. The highest BCUT2D eigenvalue weighted by atomic mass is 16.9. The van der Waals surface area contributed by atoms with Crippen LogP contribution in [0.15, 0.2) is 42.5 Å². The number of nitrogens with zero attached hydrogens (tertiary/aromatic N) is 1. The van der Waals surface area contributed by atoms with Crippen LogP contribution in [0.1, 0.15) is 90.5 Å². The Bertz CT molecular complexity index is 637. The van der Waals surface area contributed by atoms with E-state index in [0.717, 1.165) is 31.0 Å². The van der Waals surface area contributed by atoms with Crippen LogP contribution in [0.3, 0.4) is 0 Å². The molecule has 6 nitrogen and oxygen atoms in total. The standard InChI is InChI=1S/C17H26.C7H12O.C4H10N2O3/c1-15-9-8-14-17(15)13-7-3-6-12-16-10-4-2-5-11-16;1-2-3-4-5-6-7-8;1-4(5-2)3-9-6(7)8/h2,4-5,10-11,15,17H,3,6-9,12-14H2,1H3;2-3,7H,4-6H2,1H3;4-5H,3H2,1-2H3/b;3-2-;. The summed E-state index contributed by atoms with van der Waals surface area (Å²) in [7, 11) is 1.72. The van der Waals surface area contributed by atoms with Crippen molar-refractivity contribution in [1.29, 1.82) is 0 Å². The lowest BCUT2D eigenvalue weighted by atomic mass is 9.92. The van der Waals surface area contributed by atoms with Crippen LogP contribution in [0.4, 0.5) is 0 Å². The number of carbonyl (C=O) groups excluding carboxylic acids is 1. The van der Waals surface area contributed by atoms with Crippen molar-refractivity contribution in [3.63, 3.8) is 0 Å². The van der Waals surface area contributed by atoms with Crippen LogP contribution in [-0.2, 0) is 16.1 Å². The molecule has 0 aromatic heterocycles. The minimum atomic E-state index is -0.798. The van der Waals surface area contributed by atoms with Gasteiger partial charge in [0.1, 0.15) is 12.9 Å². The third kappa shape index (κ3) is 19.3. The number of aldehydes is 1. The SMILES string of the molecule is C/C=C\CCCC=O.CC1CCCC1CCCCCc1ccccc1.CNC(C)CO[N+](=O)[O-]. The summed E-state index contributed by atoms with van der Waals surface area (Å²) < 4.78 is 0. The highest BCUT2D eigenvalue weighted by Gasteiger charge is 2.22. The summed E-state index contributed by atoms with van der Waals surface area (Å²) in [5.74, 6) is 2.05. The van der Waals surface area contributed by atoms with Crippen molar-refractivity contribution in [2.75, 3.05) is 13.7 Å². The van der Waals surface area contributed by atoms with Gasteiger partial charge in [0, 0.05) is 12.5 Å². The summed E-state index contributed by atoms with van der Waals surface area (Å²) in [6.07, 6.45) is 19.2. The smallest absolute Gasteiger partial charge is 0.294 e. The predicted molar refractivity (Wildman–Crippen MR) is 141 cm³/mol. The van der Waals surface area contributed by atoms with Gasteiger partial charge in [-0.05, 0) is 64.0 Å². The van der Waals surface area contributed by atoms with Crippen molar-refractivity contribution in [3.05, 3.63) is 58.2 Å². The van der Waals surface area contributed by atoms with Crippen LogP contribution in [0.25, 0.3) is 0 Å². The van der Waals surface area contributed by atoms with Crippen molar-refractivity contribution in [2.45, 2.75) is 97.4 Å². The molecule has 0 spiro atoms. The Balaban J connectivity index is 0.000000544. The molecule has 34 heavy (non-hydrogen) atoms. The van der Waals surface area contributed by atoms with E-state index in [0.29, 0.717) is 6.42 Å². The van der Waals surface area contributed by atoms with Gasteiger partial charge >= 0.3 is 0 Å². The van der Waals surface area contributed by atoms with Crippen LogP contribution in [-0.4, -0.2) is 31.1 Å². The van der Waals surface area contributed by atoms with Gasteiger partial charge in [-0.1, -0.05) is 87.9 Å². The van der Waals surface area contributed by atoms with E-state index in [1.165, 1.54) is 56.9 Å². The van der Waals surface area contributed by atoms with E-state index in [-0.39, 0.29) is 12.6 Å². The van der Waals surface area contributed by atoms with Crippen molar-refractivity contribution < 1.29 is 14.7 Å². The van der Waals surface area contributed by atoms with Crippen molar-refractivity contribution in [2.24, 2.45) is 11.8 Å². The molecule has 1 aromatic rings. The fraction of sp³-hybridized carbons (Fsp3) is 0.679. The Morgan fingerprint density at radius 3 is 2.44 bits per heavy atom. The monoisotopic (exact) mass is 476 g/mol. The Labute approximate surface area is 207 Å². The molecule has 0 heterocycles. The summed E-state index contributed by atoms with van der Waals surface area (Å²) in [5, 5.41) is 11.6. The molecule has 1 aliphatic rings. The summed E-state index contributed by atoms with van der Waals surface area (Å²) in [5.41, 5.74) is 1.50. The Morgan fingerprint density at radius 2 is 1.88 bits per heavy atom. The molecule has 194 valence electrons. The zero-order valence-corrected chi connectivity index (χ0v) is 21.9. The van der Waals surface area contributed by atoms with Gasteiger partial charge in [-0.25, -0.2) is 0 Å². The number of hydrogen-bond acceptors (Lipinski definition) is 5. The van der Waals surface area contributed by atoms with E-state index < -0.39 is 5.09 Å². The molecule has 2 rings (SSSR count). The second-order valence-corrected chi connectivity index (χ2v) is 9.13. The number of aryl methyl sites for hydroxylation is 1. The van der Waals surface area contributed by atoms with Crippen LogP contribution in [0.2, 0.25) is 0 Å². The van der Waals surface area contributed by atoms with E-state index in [2.05, 4.69) is 53.5 Å². The van der Waals surface area contributed by atoms with E-state index in [1.807, 2.05) is 13.0 Å². The summed E-state index contributed by atoms with van der Waals surface area (Å²) in [4.78, 5) is 23.4. The van der Waals surface area contributed by atoms with Gasteiger partial charge in [0.05, 0.1) is 0 Å². The molecule has 0 radical (unpaired) electrons. The van der Waals surface area contributed by atoms with E-state index in [1.54, 1.807) is 14.0 Å². The first-order valence-corrected chi connectivity index (χ1v) is 13.0. The fourth-order valence-corrected chi connectivity index (χ4v) is 3.95. The Kier molecular flexibility index (Phi) is 21.1. The largest absolute Gasteiger partial charge is 0.315 e. The van der Waals surface area contributed by atoms with Gasteiger partial charge in [0.15, 0.2) is 0 Å². The molecule has 0 bridgehead atoms. The molecule has 0 aliphatic heterocycles. The molecule has 6 heteroatoms. The first kappa shape index (κ1) is 31.8. The van der Waals surface area contributed by atoms with Gasteiger partial charge in [0.25, 0.3) is 5.09 Å². The number of carbonyl (C=O) groups is 1. The molecule has 3 unspecified atom stereocenters. The van der Waals surface area contributed by atoms with Crippen LogP contribution >= 0.6 is 0 Å². The third-order valence-electron chi connectivity index (χ3n) is 6.27. The molecule has 1 aromatic carbocycles. The quantitative estimate of drug-likeness (QED) is 0.103. The number of rotatable bonds is 14. The fourth-order valence-electron chi connectivity index (χ4n) is 3.95. The lowest BCUT2D eigenvalue weighted by Crippen LogP contribution is -2.27. The van der Waals surface area contributed by atoms with Crippen LogP contribution in [0, 0.1) is 22.0 Å².